The number of rotatable bonds is 1. The number of hydrogen-bond acceptors (Lipinski definition) is 2. The summed E-state index contributed by atoms with van der Waals surface area (Å²) in [5.41, 5.74) is 14.4. The van der Waals surface area contributed by atoms with Crippen molar-refractivity contribution in [2.45, 2.75) is 19.9 Å². The van der Waals surface area contributed by atoms with Crippen LogP contribution >= 0.6 is 0 Å². The molecule has 0 amide bonds. The highest BCUT2D eigenvalue weighted by Gasteiger charge is 1.99. The number of nitrogen functional groups attached to an aromatic ring is 1. The Kier molecular flexibility index (Phi) is 2.15. The van der Waals surface area contributed by atoms with Crippen molar-refractivity contribution in [3.63, 3.8) is 0 Å². The van der Waals surface area contributed by atoms with Gasteiger partial charge in [0.1, 0.15) is 0 Å². The van der Waals surface area contributed by atoms with E-state index in [1.54, 1.807) is 0 Å². The highest BCUT2D eigenvalue weighted by molar-refractivity contribution is 5.48. The van der Waals surface area contributed by atoms with E-state index in [2.05, 4.69) is 0 Å². The fourth-order valence-electron chi connectivity index (χ4n) is 0.942. The number of nitrogens with two attached hydrogens (primary N) is 2. The van der Waals surface area contributed by atoms with Gasteiger partial charge in [-0.05, 0) is 31.0 Å². The van der Waals surface area contributed by atoms with Gasteiger partial charge in [-0.2, -0.15) is 0 Å². The Morgan fingerprint density at radius 3 is 2.45 bits per heavy atom. The normalized spacial score (nSPS) is 13.0. The molecule has 4 N–H and O–H groups in total. The minimum absolute atomic E-state index is 0.0675. The molecule has 0 saturated carbocycles. The van der Waals surface area contributed by atoms with Gasteiger partial charge in [-0.1, -0.05) is 12.1 Å². The molecule has 1 aromatic carbocycles. The maximum atomic E-state index is 5.70. The fourth-order valence-corrected chi connectivity index (χ4v) is 0.942. The minimum atomic E-state index is 0.0675. The maximum Gasteiger partial charge on any atom is 0.0347 e. The van der Waals surface area contributed by atoms with Crippen molar-refractivity contribution >= 4 is 5.69 Å². The smallest absolute Gasteiger partial charge is 0.0347 e. The Labute approximate surface area is 67.2 Å². The van der Waals surface area contributed by atoms with Gasteiger partial charge >= 0.3 is 0 Å². The number of benzene rings is 1. The zero-order valence-electron chi connectivity index (χ0n) is 6.96. The van der Waals surface area contributed by atoms with Gasteiger partial charge < -0.3 is 11.5 Å². The van der Waals surface area contributed by atoms with Crippen LogP contribution < -0.4 is 11.5 Å². The Morgan fingerprint density at radius 2 is 2.00 bits per heavy atom. The first kappa shape index (κ1) is 8.08. The van der Waals surface area contributed by atoms with Crippen molar-refractivity contribution in [1.82, 2.24) is 0 Å². The van der Waals surface area contributed by atoms with Crippen LogP contribution in [0.25, 0.3) is 0 Å². The second kappa shape index (κ2) is 2.93. The van der Waals surface area contributed by atoms with Crippen LogP contribution in [0.3, 0.4) is 0 Å². The van der Waals surface area contributed by atoms with E-state index in [0.29, 0.717) is 0 Å². The van der Waals surface area contributed by atoms with E-state index in [4.69, 9.17) is 11.5 Å². The molecule has 0 spiro atoms. The predicted octanol–water partition coefficient (Wildman–Crippen LogP) is 1.60. The van der Waals surface area contributed by atoms with Gasteiger partial charge in [0.25, 0.3) is 0 Å². The second-order valence-electron chi connectivity index (χ2n) is 2.90. The van der Waals surface area contributed by atoms with Gasteiger partial charge in [0.05, 0.1) is 0 Å². The first-order valence-corrected chi connectivity index (χ1v) is 3.73. The third-order valence-electron chi connectivity index (χ3n) is 1.83. The summed E-state index contributed by atoms with van der Waals surface area (Å²) in [6, 6.07) is 6.00. The number of hydrogen-bond donors (Lipinski definition) is 2. The van der Waals surface area contributed by atoms with Crippen molar-refractivity contribution in [3.8, 4) is 0 Å². The van der Waals surface area contributed by atoms with Crippen molar-refractivity contribution < 1.29 is 0 Å². The molecular weight excluding hydrogens is 136 g/mol. The molecule has 0 aliphatic carbocycles. The number of anilines is 1. The second-order valence-corrected chi connectivity index (χ2v) is 2.90. The van der Waals surface area contributed by atoms with Gasteiger partial charge in [-0.15, -0.1) is 0 Å². The third-order valence-corrected chi connectivity index (χ3v) is 1.83. The van der Waals surface area contributed by atoms with Crippen LogP contribution in [0.4, 0.5) is 5.69 Å². The van der Waals surface area contributed by atoms with Crippen molar-refractivity contribution in [1.29, 1.82) is 0 Å². The van der Waals surface area contributed by atoms with Crippen LogP contribution in [0.1, 0.15) is 24.1 Å². The first-order valence-electron chi connectivity index (χ1n) is 3.73. The summed E-state index contributed by atoms with van der Waals surface area (Å²) in [6.07, 6.45) is 0. The molecule has 2 heteroatoms. The van der Waals surface area contributed by atoms with E-state index >= 15 is 0 Å². The monoisotopic (exact) mass is 150 g/mol. The third kappa shape index (κ3) is 1.71. The quantitative estimate of drug-likeness (QED) is 0.597. The highest BCUT2D eigenvalue weighted by Crippen LogP contribution is 2.16. The zero-order valence-corrected chi connectivity index (χ0v) is 6.96. The molecule has 0 radical (unpaired) electrons. The summed E-state index contributed by atoms with van der Waals surface area (Å²) < 4.78 is 0. The fraction of sp³-hybridized carbons (Fsp3) is 0.333. The van der Waals surface area contributed by atoms with Crippen LogP contribution in [-0.4, -0.2) is 0 Å². The molecule has 0 unspecified atom stereocenters. The summed E-state index contributed by atoms with van der Waals surface area (Å²) in [4.78, 5) is 0. The molecule has 0 aromatic heterocycles. The molecule has 0 aliphatic heterocycles. The molecular formula is C9H14N2. The van der Waals surface area contributed by atoms with Gasteiger partial charge in [0.2, 0.25) is 0 Å². The van der Waals surface area contributed by atoms with E-state index in [0.717, 1.165) is 16.8 Å². The van der Waals surface area contributed by atoms with Gasteiger partial charge in [0.15, 0.2) is 0 Å². The summed E-state index contributed by atoms with van der Waals surface area (Å²) in [7, 11) is 0. The van der Waals surface area contributed by atoms with Crippen LogP contribution in [0, 0.1) is 6.92 Å². The summed E-state index contributed by atoms with van der Waals surface area (Å²) in [6.45, 7) is 3.93. The Hall–Kier alpha value is -1.02. The lowest BCUT2D eigenvalue weighted by molar-refractivity contribution is 0.818. The van der Waals surface area contributed by atoms with Crippen LogP contribution in [0.2, 0.25) is 0 Å². The topological polar surface area (TPSA) is 52.0 Å². The first-order chi connectivity index (χ1) is 5.11. The van der Waals surface area contributed by atoms with Crippen molar-refractivity contribution in [2.75, 3.05) is 5.73 Å². The molecule has 0 fully saturated rings. The van der Waals surface area contributed by atoms with E-state index in [1.165, 1.54) is 0 Å². The van der Waals surface area contributed by atoms with E-state index in [9.17, 15) is 0 Å². The highest BCUT2D eigenvalue weighted by atomic mass is 14.6. The standard InChI is InChI=1S/C9H14N2/c1-6-3-4-8(7(2)10)5-9(6)11/h3-5,7H,10-11H2,1-2H3/t7-/m0/s1. The molecule has 1 atom stereocenters. The van der Waals surface area contributed by atoms with Crippen LogP contribution in [0.15, 0.2) is 18.2 Å². The average molecular weight is 150 g/mol. The molecule has 0 saturated heterocycles. The SMILES string of the molecule is Cc1ccc([C@H](C)N)cc1N. The van der Waals surface area contributed by atoms with Crippen LogP contribution in [0.5, 0.6) is 0 Å². The largest absolute Gasteiger partial charge is 0.399 e. The maximum absolute atomic E-state index is 5.70. The van der Waals surface area contributed by atoms with Gasteiger partial charge in [-0.25, -0.2) is 0 Å². The van der Waals surface area contributed by atoms with Crippen molar-refractivity contribution in [2.24, 2.45) is 5.73 Å². The Balaban J connectivity index is 3.05. The van der Waals surface area contributed by atoms with E-state index in [-0.39, 0.29) is 6.04 Å². The van der Waals surface area contributed by atoms with E-state index in [1.807, 2.05) is 32.0 Å². The lowest BCUT2D eigenvalue weighted by atomic mass is 10.1. The predicted molar refractivity (Wildman–Crippen MR) is 48.2 cm³/mol. The lowest BCUT2D eigenvalue weighted by Crippen LogP contribution is -2.05. The molecule has 11 heavy (non-hydrogen) atoms. The number of aryl methyl sites for hydroxylation is 1. The van der Waals surface area contributed by atoms with Gasteiger partial charge in [0, 0.05) is 11.7 Å². The van der Waals surface area contributed by atoms with Crippen molar-refractivity contribution in [3.05, 3.63) is 29.3 Å². The summed E-state index contributed by atoms with van der Waals surface area (Å²) >= 11 is 0. The van der Waals surface area contributed by atoms with Crippen LogP contribution in [-0.2, 0) is 0 Å². The summed E-state index contributed by atoms with van der Waals surface area (Å²) in [5, 5.41) is 0. The summed E-state index contributed by atoms with van der Waals surface area (Å²) in [5.74, 6) is 0. The minimum Gasteiger partial charge on any atom is -0.399 e. The lowest BCUT2D eigenvalue weighted by Gasteiger charge is -2.07. The Bertz CT molecular complexity index is 254. The molecule has 0 heterocycles. The molecule has 0 bridgehead atoms. The van der Waals surface area contributed by atoms with E-state index < -0.39 is 0 Å². The molecule has 1 aromatic rings. The average Bonchev–Trinajstić information content (AvgIpc) is 1.94. The molecule has 1 rings (SSSR count). The van der Waals surface area contributed by atoms with Gasteiger partial charge in [-0.3, -0.25) is 0 Å². The Morgan fingerprint density at radius 1 is 1.36 bits per heavy atom. The molecule has 60 valence electrons. The molecule has 0 aliphatic rings. The zero-order chi connectivity index (χ0) is 8.43. The molecule has 2 nitrogen and oxygen atoms in total.